The maximum absolute atomic E-state index is 13.6. The van der Waals surface area contributed by atoms with Gasteiger partial charge in [0.05, 0.1) is 5.56 Å². The molecule has 0 bridgehead atoms. The van der Waals surface area contributed by atoms with Crippen molar-refractivity contribution in [3.05, 3.63) is 81.5 Å². The first-order chi connectivity index (χ1) is 14.3. The molecule has 0 radical (unpaired) electrons. The van der Waals surface area contributed by atoms with Crippen molar-refractivity contribution >= 4 is 8.25 Å². The van der Waals surface area contributed by atoms with E-state index in [2.05, 4.69) is 4.98 Å². The number of halogens is 1. The minimum atomic E-state index is -2.88. The van der Waals surface area contributed by atoms with Crippen molar-refractivity contribution in [2.75, 3.05) is 0 Å². The molecule has 0 amide bonds. The third-order valence-electron chi connectivity index (χ3n) is 4.79. The van der Waals surface area contributed by atoms with Crippen LogP contribution in [0, 0.1) is 12.7 Å². The predicted molar refractivity (Wildman–Crippen MR) is 116 cm³/mol. The van der Waals surface area contributed by atoms with E-state index in [1.807, 2.05) is 13.8 Å². The molecule has 0 fully saturated rings. The molecule has 2 aromatic carbocycles. The van der Waals surface area contributed by atoms with Gasteiger partial charge >= 0.3 is 67.4 Å². The van der Waals surface area contributed by atoms with E-state index >= 15 is 0 Å². The molecule has 0 aliphatic heterocycles. The second kappa shape index (κ2) is 13.1. The van der Waals surface area contributed by atoms with Crippen LogP contribution in [0.2, 0.25) is 0 Å². The smallest absolute Gasteiger partial charge is 1.00 e. The minimum Gasteiger partial charge on any atom is -1.00 e. The van der Waals surface area contributed by atoms with Crippen LogP contribution in [0.3, 0.4) is 0 Å². The molecule has 6 nitrogen and oxygen atoms in total. The summed E-state index contributed by atoms with van der Waals surface area (Å²) in [5, 5.41) is 0. The maximum atomic E-state index is 13.6. The van der Waals surface area contributed by atoms with Crippen LogP contribution < -0.4 is 69.2 Å². The fraction of sp³-hybridized carbons (Fsp3) is 0.273. The van der Waals surface area contributed by atoms with E-state index in [9.17, 15) is 18.6 Å². The van der Waals surface area contributed by atoms with Crippen molar-refractivity contribution in [1.29, 1.82) is 0 Å². The van der Waals surface area contributed by atoms with Gasteiger partial charge in [-0.1, -0.05) is 38.1 Å². The van der Waals surface area contributed by atoms with Crippen LogP contribution in [0.4, 0.5) is 4.39 Å². The van der Waals surface area contributed by atoms with Gasteiger partial charge in [0.2, 0.25) is 5.75 Å². The summed E-state index contributed by atoms with van der Waals surface area (Å²) in [5.41, 5.74) is 2.19. The molecule has 160 valence electrons. The van der Waals surface area contributed by atoms with Crippen molar-refractivity contribution in [2.24, 2.45) is 0 Å². The number of nitrogens with zero attached hydrogens (tertiary/aromatic N) is 2. The number of rotatable bonds is 7. The van der Waals surface area contributed by atoms with Gasteiger partial charge in [0, 0.05) is 22.4 Å². The van der Waals surface area contributed by atoms with Gasteiger partial charge in [-0.25, -0.2) is 13.9 Å². The van der Waals surface area contributed by atoms with Gasteiger partial charge in [-0.2, -0.15) is 0 Å². The van der Waals surface area contributed by atoms with Crippen LogP contribution in [0.25, 0.3) is 11.4 Å². The monoisotopic (exact) mass is 477 g/mol. The van der Waals surface area contributed by atoms with Crippen LogP contribution in [0.1, 0.15) is 39.4 Å². The molecule has 1 aromatic heterocycles. The van der Waals surface area contributed by atoms with Crippen molar-refractivity contribution in [3.8, 4) is 17.1 Å². The van der Waals surface area contributed by atoms with Gasteiger partial charge in [0.1, 0.15) is 11.6 Å². The minimum absolute atomic E-state index is 0. The van der Waals surface area contributed by atoms with E-state index in [0.29, 0.717) is 29.1 Å². The van der Waals surface area contributed by atoms with Gasteiger partial charge in [0.15, 0.2) is 0 Å². The molecule has 3 aromatic rings. The van der Waals surface area contributed by atoms with E-state index in [-0.39, 0.29) is 91.6 Å². The largest absolute Gasteiger partial charge is 1.00 e. The van der Waals surface area contributed by atoms with Gasteiger partial charge < -0.3 is 2.85 Å². The Labute approximate surface area is 234 Å². The molecule has 3 rings (SSSR count). The molecule has 0 spiro atoms. The number of para-hydroxylation sites is 1. The van der Waals surface area contributed by atoms with E-state index in [1.165, 1.54) is 16.7 Å². The molecule has 0 saturated heterocycles. The molecule has 32 heavy (non-hydrogen) atoms. The Hall–Kier alpha value is -0.890. The van der Waals surface area contributed by atoms with Crippen molar-refractivity contribution in [2.45, 2.75) is 39.7 Å². The van der Waals surface area contributed by atoms with Crippen LogP contribution in [-0.2, 0) is 17.5 Å². The molecule has 1 atom stereocenters. The number of hydrogen-bond donors (Lipinski definition) is 1. The van der Waals surface area contributed by atoms with Crippen LogP contribution in [0.5, 0.6) is 5.75 Å². The third-order valence-corrected chi connectivity index (χ3v) is 5.14. The SMILES string of the molecule is Cc1nc(-c2ccccc2O[P+](=O)O)n(CCc2cccc(F)c2)c(=O)c1C(C)C.[H-].[H-].[Na+].[Na+]. The Morgan fingerprint density at radius 1 is 1.19 bits per heavy atom. The van der Waals surface area contributed by atoms with Gasteiger partial charge in [-0.05, 0) is 49.1 Å². The summed E-state index contributed by atoms with van der Waals surface area (Å²) in [5.74, 6) is 0.128. The second-order valence-corrected chi connectivity index (χ2v) is 7.91. The maximum Gasteiger partial charge on any atom is 1.00 e. The fourth-order valence-electron chi connectivity index (χ4n) is 3.50. The first-order valence-corrected chi connectivity index (χ1v) is 10.7. The number of hydrogen-bond acceptors (Lipinski definition) is 4. The van der Waals surface area contributed by atoms with E-state index in [1.54, 1.807) is 43.3 Å². The van der Waals surface area contributed by atoms with Crippen molar-refractivity contribution in [3.63, 3.8) is 0 Å². The topological polar surface area (TPSA) is 81.4 Å². The van der Waals surface area contributed by atoms with Crippen molar-refractivity contribution < 1.29 is 80.3 Å². The summed E-state index contributed by atoms with van der Waals surface area (Å²) in [6, 6.07) is 12.9. The molecule has 1 unspecified atom stereocenters. The molecule has 10 heteroatoms. The number of aryl methyl sites for hydroxylation is 2. The normalized spacial score (nSPS) is 10.9. The predicted octanol–water partition coefficient (Wildman–Crippen LogP) is -1.01. The first kappa shape index (κ1) is 29.1. The first-order valence-electron chi connectivity index (χ1n) is 9.57. The molecular formula is C22H25FN2Na2O4P+. The third kappa shape index (κ3) is 7.05. The Kier molecular flexibility index (Phi) is 11.9. The summed E-state index contributed by atoms with van der Waals surface area (Å²) < 4.78 is 31.4. The van der Waals surface area contributed by atoms with E-state index in [0.717, 1.165) is 5.56 Å². The van der Waals surface area contributed by atoms with Gasteiger partial charge in [0.25, 0.3) is 5.56 Å². The van der Waals surface area contributed by atoms with Crippen LogP contribution in [0.15, 0.2) is 53.3 Å². The summed E-state index contributed by atoms with van der Waals surface area (Å²) in [6.07, 6.45) is 0.421. The van der Waals surface area contributed by atoms with Crippen LogP contribution in [-0.4, -0.2) is 14.4 Å². The summed E-state index contributed by atoms with van der Waals surface area (Å²) in [7, 11) is -2.88. The number of benzene rings is 2. The standard InChI is InChI=1S/C22H22FN2O4P.2Na.2H/c1-14(2)20-15(3)24-21(18-9-4-5-10-19(18)29-30(27)28)25(22(20)26)12-11-16-7-6-8-17(23)13-16;;;;/h4-10,13-14H,11-12H2,1-3H3;;;;/q;2*+1;2*-1/p+1. The quantitative estimate of drug-likeness (QED) is 0.348. The molecule has 1 heterocycles. The second-order valence-electron chi connectivity index (χ2n) is 7.25. The summed E-state index contributed by atoms with van der Waals surface area (Å²) in [4.78, 5) is 27.2. The Balaban J connectivity index is 0. The summed E-state index contributed by atoms with van der Waals surface area (Å²) >= 11 is 0. The molecule has 0 saturated carbocycles. The molecule has 0 aliphatic carbocycles. The average molecular weight is 477 g/mol. The zero-order valence-corrected chi connectivity index (χ0v) is 23.9. The van der Waals surface area contributed by atoms with Gasteiger partial charge in [-0.3, -0.25) is 9.36 Å². The molecular weight excluding hydrogens is 452 g/mol. The zero-order chi connectivity index (χ0) is 21.8. The Bertz CT molecular complexity index is 1170. The van der Waals surface area contributed by atoms with Gasteiger partial charge in [-0.15, -0.1) is 4.89 Å². The summed E-state index contributed by atoms with van der Waals surface area (Å²) in [6.45, 7) is 5.89. The van der Waals surface area contributed by atoms with E-state index < -0.39 is 8.25 Å². The van der Waals surface area contributed by atoms with Crippen LogP contribution >= 0.6 is 8.25 Å². The Morgan fingerprint density at radius 3 is 2.50 bits per heavy atom. The van der Waals surface area contributed by atoms with E-state index in [4.69, 9.17) is 4.52 Å². The molecule has 0 aliphatic rings. The average Bonchev–Trinajstić information content (AvgIpc) is 2.66. The molecule has 1 N–H and O–H groups in total. The zero-order valence-electron chi connectivity index (χ0n) is 21.0. The fourth-order valence-corrected chi connectivity index (χ4v) is 3.83. The Morgan fingerprint density at radius 2 is 1.88 bits per heavy atom. The van der Waals surface area contributed by atoms with Crippen molar-refractivity contribution in [1.82, 2.24) is 9.55 Å². The number of aromatic nitrogens is 2.